The number of fused-ring (bicyclic) bond motifs is 1. The van der Waals surface area contributed by atoms with Crippen molar-refractivity contribution in [3.05, 3.63) is 83.1 Å². The number of allylic oxidation sites excluding steroid dienone is 1. The van der Waals surface area contributed by atoms with Crippen LogP contribution in [-0.2, 0) is 6.42 Å². The van der Waals surface area contributed by atoms with Crippen molar-refractivity contribution in [3.63, 3.8) is 0 Å². The summed E-state index contributed by atoms with van der Waals surface area (Å²) in [6, 6.07) is 14.4. The lowest BCUT2D eigenvalue weighted by molar-refractivity contribution is -0.0371. The SMILES string of the molecule is C=C1C(C)c2ccc(CC(=O)c3ccccc3)cc2C(=O)N1O. The van der Waals surface area contributed by atoms with Crippen molar-refractivity contribution < 1.29 is 14.8 Å². The Bertz CT molecular complexity index is 796. The Morgan fingerprint density at radius 1 is 1.22 bits per heavy atom. The number of nitrogens with zero attached hydrogens (tertiary/aromatic N) is 1. The third-order valence-electron chi connectivity index (χ3n) is 4.24. The fourth-order valence-corrected chi connectivity index (χ4v) is 2.80. The van der Waals surface area contributed by atoms with Gasteiger partial charge in [0.1, 0.15) is 0 Å². The molecule has 1 heterocycles. The maximum atomic E-state index is 12.3. The summed E-state index contributed by atoms with van der Waals surface area (Å²) in [6.07, 6.45) is 0.214. The molecule has 0 aliphatic carbocycles. The average Bonchev–Trinajstić information content (AvgIpc) is 2.58. The molecule has 23 heavy (non-hydrogen) atoms. The molecule has 1 unspecified atom stereocenters. The Kier molecular flexibility index (Phi) is 3.84. The number of carbonyl (C=O) groups is 2. The van der Waals surface area contributed by atoms with Gasteiger partial charge in [-0.3, -0.25) is 14.8 Å². The molecule has 0 radical (unpaired) electrons. The molecule has 1 aliphatic rings. The molecule has 0 spiro atoms. The van der Waals surface area contributed by atoms with E-state index in [1.165, 1.54) is 0 Å². The van der Waals surface area contributed by atoms with Gasteiger partial charge >= 0.3 is 0 Å². The molecule has 1 amide bonds. The highest BCUT2D eigenvalue weighted by atomic mass is 16.5. The van der Waals surface area contributed by atoms with E-state index in [0.29, 0.717) is 21.9 Å². The normalized spacial score (nSPS) is 17.1. The maximum Gasteiger partial charge on any atom is 0.281 e. The van der Waals surface area contributed by atoms with E-state index >= 15 is 0 Å². The van der Waals surface area contributed by atoms with Crippen molar-refractivity contribution in [3.8, 4) is 0 Å². The molecule has 4 nitrogen and oxygen atoms in total. The molecule has 2 aromatic rings. The van der Waals surface area contributed by atoms with Crippen molar-refractivity contribution in [1.82, 2.24) is 5.06 Å². The van der Waals surface area contributed by atoms with Crippen molar-refractivity contribution in [2.24, 2.45) is 0 Å². The number of rotatable bonds is 3. The summed E-state index contributed by atoms with van der Waals surface area (Å²) < 4.78 is 0. The van der Waals surface area contributed by atoms with E-state index in [4.69, 9.17) is 0 Å². The van der Waals surface area contributed by atoms with E-state index < -0.39 is 5.91 Å². The summed E-state index contributed by atoms with van der Waals surface area (Å²) in [5.74, 6) is -0.657. The predicted molar refractivity (Wildman–Crippen MR) is 86.4 cm³/mol. The molecule has 0 bridgehead atoms. The lowest BCUT2D eigenvalue weighted by Gasteiger charge is -2.30. The first kappa shape index (κ1) is 15.2. The van der Waals surface area contributed by atoms with Gasteiger partial charge in [0.15, 0.2) is 5.78 Å². The van der Waals surface area contributed by atoms with E-state index in [9.17, 15) is 14.8 Å². The number of hydrogen-bond donors (Lipinski definition) is 1. The first-order chi connectivity index (χ1) is 11.0. The molecular formula is C19H17NO3. The van der Waals surface area contributed by atoms with Crippen LogP contribution in [0.4, 0.5) is 0 Å². The van der Waals surface area contributed by atoms with Crippen LogP contribution in [0.25, 0.3) is 0 Å². The molecule has 116 valence electrons. The van der Waals surface area contributed by atoms with Gasteiger partial charge < -0.3 is 0 Å². The molecule has 1 atom stereocenters. The number of amides is 1. The predicted octanol–water partition coefficient (Wildman–Crippen LogP) is 3.57. The van der Waals surface area contributed by atoms with Crippen LogP contribution in [0.5, 0.6) is 0 Å². The molecule has 3 rings (SSSR count). The van der Waals surface area contributed by atoms with Crippen molar-refractivity contribution in [2.45, 2.75) is 19.3 Å². The molecule has 0 saturated heterocycles. The lowest BCUT2D eigenvalue weighted by Crippen LogP contribution is -2.34. The molecule has 0 saturated carbocycles. The van der Waals surface area contributed by atoms with E-state index in [2.05, 4.69) is 6.58 Å². The number of hydroxylamine groups is 2. The Morgan fingerprint density at radius 2 is 1.91 bits per heavy atom. The molecule has 4 heteroatoms. The van der Waals surface area contributed by atoms with Crippen molar-refractivity contribution in [1.29, 1.82) is 0 Å². The summed E-state index contributed by atoms with van der Waals surface area (Å²) in [4.78, 5) is 24.5. The molecule has 1 N–H and O–H groups in total. The van der Waals surface area contributed by atoms with E-state index in [1.54, 1.807) is 18.2 Å². The summed E-state index contributed by atoms with van der Waals surface area (Å²) >= 11 is 0. The molecule has 0 fully saturated rings. The van der Waals surface area contributed by atoms with Crippen LogP contribution in [-0.4, -0.2) is 22.0 Å². The van der Waals surface area contributed by atoms with Gasteiger partial charge in [0.2, 0.25) is 0 Å². The Morgan fingerprint density at radius 3 is 2.61 bits per heavy atom. The van der Waals surface area contributed by atoms with Gasteiger partial charge in [-0.15, -0.1) is 0 Å². The van der Waals surface area contributed by atoms with Gasteiger partial charge in [0.25, 0.3) is 5.91 Å². The zero-order valence-corrected chi connectivity index (χ0v) is 12.8. The average molecular weight is 307 g/mol. The van der Waals surface area contributed by atoms with Crippen LogP contribution >= 0.6 is 0 Å². The third kappa shape index (κ3) is 2.69. The second-order valence-electron chi connectivity index (χ2n) is 5.72. The van der Waals surface area contributed by atoms with Crippen molar-refractivity contribution >= 4 is 11.7 Å². The largest absolute Gasteiger partial charge is 0.294 e. The fraction of sp³-hybridized carbons (Fsp3) is 0.158. The molecular weight excluding hydrogens is 290 g/mol. The number of benzene rings is 2. The van der Waals surface area contributed by atoms with Gasteiger partial charge in [-0.25, -0.2) is 0 Å². The number of Topliss-reactive ketones (excluding diaryl/α,β-unsaturated/α-hetero) is 1. The van der Waals surface area contributed by atoms with Gasteiger partial charge in [0, 0.05) is 23.5 Å². The van der Waals surface area contributed by atoms with Crippen LogP contribution in [0, 0.1) is 0 Å². The van der Waals surface area contributed by atoms with Crippen LogP contribution in [0.1, 0.15) is 44.7 Å². The Hall–Kier alpha value is -2.72. The Labute approximate surface area is 134 Å². The molecule has 1 aliphatic heterocycles. The highest BCUT2D eigenvalue weighted by Crippen LogP contribution is 2.34. The number of ketones is 1. The quantitative estimate of drug-likeness (QED) is 0.696. The van der Waals surface area contributed by atoms with Crippen LogP contribution in [0.15, 0.2) is 60.8 Å². The fourth-order valence-electron chi connectivity index (χ4n) is 2.80. The zero-order chi connectivity index (χ0) is 16.6. The van der Waals surface area contributed by atoms with Gasteiger partial charge in [0.05, 0.1) is 5.70 Å². The highest BCUT2D eigenvalue weighted by molar-refractivity contribution is 6.00. The summed E-state index contributed by atoms with van der Waals surface area (Å²) in [5.41, 5.74) is 2.99. The lowest BCUT2D eigenvalue weighted by atomic mass is 9.87. The second-order valence-corrected chi connectivity index (χ2v) is 5.72. The first-order valence-corrected chi connectivity index (χ1v) is 7.42. The van der Waals surface area contributed by atoms with Gasteiger partial charge in [-0.05, 0) is 17.2 Å². The third-order valence-corrected chi connectivity index (χ3v) is 4.24. The standard InChI is InChI=1S/C19H17NO3/c1-12-13(2)20(23)19(22)17-10-14(8-9-16(12)17)11-18(21)15-6-4-3-5-7-15/h3-10,12,23H,2,11H2,1H3. The minimum atomic E-state index is -0.503. The summed E-state index contributed by atoms with van der Waals surface area (Å²) in [5, 5.41) is 10.4. The minimum absolute atomic E-state index is 0.00730. The van der Waals surface area contributed by atoms with Gasteiger partial charge in [-0.2, -0.15) is 5.06 Å². The maximum absolute atomic E-state index is 12.3. The first-order valence-electron chi connectivity index (χ1n) is 7.42. The van der Waals surface area contributed by atoms with Crippen LogP contribution < -0.4 is 0 Å². The zero-order valence-electron chi connectivity index (χ0n) is 12.8. The molecule has 0 aromatic heterocycles. The van der Waals surface area contributed by atoms with E-state index in [0.717, 1.165) is 11.1 Å². The topological polar surface area (TPSA) is 57.6 Å². The van der Waals surface area contributed by atoms with Crippen molar-refractivity contribution in [2.75, 3.05) is 0 Å². The Balaban J connectivity index is 1.91. The smallest absolute Gasteiger partial charge is 0.281 e. The number of hydrogen-bond acceptors (Lipinski definition) is 3. The van der Waals surface area contributed by atoms with E-state index in [1.807, 2.05) is 37.3 Å². The summed E-state index contributed by atoms with van der Waals surface area (Å²) in [6.45, 7) is 5.62. The van der Waals surface area contributed by atoms with Gasteiger partial charge in [-0.1, -0.05) is 56.0 Å². The molecule has 2 aromatic carbocycles. The monoisotopic (exact) mass is 307 g/mol. The second kappa shape index (κ2) is 5.82. The van der Waals surface area contributed by atoms with Crippen LogP contribution in [0.2, 0.25) is 0 Å². The van der Waals surface area contributed by atoms with E-state index in [-0.39, 0.29) is 18.1 Å². The van der Waals surface area contributed by atoms with Crippen LogP contribution in [0.3, 0.4) is 0 Å². The summed E-state index contributed by atoms with van der Waals surface area (Å²) in [7, 11) is 0. The number of carbonyl (C=O) groups excluding carboxylic acids is 2. The minimum Gasteiger partial charge on any atom is -0.294 e. The highest BCUT2D eigenvalue weighted by Gasteiger charge is 2.31.